The fraction of sp³-hybridized carbons (Fsp3) is 0.524. The van der Waals surface area contributed by atoms with Crippen molar-refractivity contribution in [3.05, 3.63) is 52.7 Å². The first-order valence-electron chi connectivity index (χ1n) is 10.1. The Morgan fingerprint density at radius 1 is 1.16 bits per heavy atom. The number of nitrogens with zero attached hydrogens (tertiary/aromatic N) is 3. The number of aryl methyl sites for hydroxylation is 2. The number of morpholine rings is 1. The third-order valence-corrected chi connectivity index (χ3v) is 5.28. The zero-order valence-electron chi connectivity index (χ0n) is 17.9. The molecule has 7 nitrogen and oxygen atoms in total. The van der Waals surface area contributed by atoms with E-state index in [0.29, 0.717) is 51.2 Å². The lowest BCUT2D eigenvalue weighted by molar-refractivity contribution is -0.137. The third kappa shape index (κ3) is 6.20. The number of rotatable bonds is 6. The van der Waals surface area contributed by atoms with E-state index in [4.69, 9.17) is 9.15 Å². The predicted octanol–water partition coefficient (Wildman–Crippen LogP) is 3.05. The molecule has 1 saturated heterocycles. The van der Waals surface area contributed by atoms with Gasteiger partial charge in [-0.3, -0.25) is 9.89 Å². The number of alkyl halides is 3. The molecule has 0 spiro atoms. The van der Waals surface area contributed by atoms with Crippen molar-refractivity contribution in [2.45, 2.75) is 32.6 Å². The fourth-order valence-electron chi connectivity index (χ4n) is 3.43. The van der Waals surface area contributed by atoms with Gasteiger partial charge in [0.05, 0.1) is 37.1 Å². The third-order valence-electron chi connectivity index (χ3n) is 5.28. The van der Waals surface area contributed by atoms with Crippen molar-refractivity contribution >= 4 is 5.96 Å². The van der Waals surface area contributed by atoms with Crippen molar-refractivity contribution in [1.29, 1.82) is 0 Å². The lowest BCUT2D eigenvalue weighted by Crippen LogP contribution is -2.46. The maximum Gasteiger partial charge on any atom is 0.416 e. The number of guanidine groups is 1. The molecule has 2 heterocycles. The molecular weight excluding hydrogens is 411 g/mol. The highest BCUT2D eigenvalue weighted by Gasteiger charge is 2.31. The van der Waals surface area contributed by atoms with Gasteiger partial charge >= 0.3 is 6.18 Å². The molecule has 1 aromatic carbocycles. The van der Waals surface area contributed by atoms with Gasteiger partial charge in [0.25, 0.3) is 0 Å². The molecule has 10 heteroatoms. The Morgan fingerprint density at radius 2 is 1.84 bits per heavy atom. The van der Waals surface area contributed by atoms with Crippen LogP contribution in [-0.4, -0.2) is 55.7 Å². The summed E-state index contributed by atoms with van der Waals surface area (Å²) in [6, 6.07) is 5.21. The van der Waals surface area contributed by atoms with Crippen molar-refractivity contribution < 1.29 is 22.3 Å². The highest BCUT2D eigenvalue weighted by atomic mass is 19.4. The van der Waals surface area contributed by atoms with E-state index in [0.717, 1.165) is 29.2 Å². The number of ether oxygens (including phenoxy) is 1. The van der Waals surface area contributed by atoms with Crippen molar-refractivity contribution in [2.75, 3.05) is 39.9 Å². The van der Waals surface area contributed by atoms with Gasteiger partial charge in [-0.25, -0.2) is 4.98 Å². The van der Waals surface area contributed by atoms with E-state index < -0.39 is 11.7 Å². The first-order valence-corrected chi connectivity index (χ1v) is 10.1. The van der Waals surface area contributed by atoms with E-state index in [-0.39, 0.29) is 6.04 Å². The van der Waals surface area contributed by atoms with Crippen molar-refractivity contribution in [3.8, 4) is 0 Å². The highest BCUT2D eigenvalue weighted by molar-refractivity contribution is 5.79. The van der Waals surface area contributed by atoms with Gasteiger partial charge in [-0.1, -0.05) is 12.1 Å². The lowest BCUT2D eigenvalue weighted by Gasteiger charge is -2.35. The van der Waals surface area contributed by atoms with E-state index in [2.05, 4.69) is 25.5 Å². The maximum atomic E-state index is 13.0. The van der Waals surface area contributed by atoms with E-state index >= 15 is 0 Å². The molecule has 3 rings (SSSR count). The van der Waals surface area contributed by atoms with Crippen LogP contribution in [0, 0.1) is 13.8 Å². The summed E-state index contributed by atoms with van der Waals surface area (Å²) >= 11 is 0. The zero-order valence-corrected chi connectivity index (χ0v) is 17.9. The summed E-state index contributed by atoms with van der Waals surface area (Å²) < 4.78 is 49.8. The maximum absolute atomic E-state index is 13.0. The van der Waals surface area contributed by atoms with E-state index in [1.165, 1.54) is 0 Å². The smallest absolute Gasteiger partial charge is 0.416 e. The second-order valence-electron chi connectivity index (χ2n) is 7.34. The molecule has 0 amide bonds. The van der Waals surface area contributed by atoms with Gasteiger partial charge in [0.1, 0.15) is 5.76 Å². The van der Waals surface area contributed by atoms with Gasteiger partial charge in [0.2, 0.25) is 5.89 Å². The Labute approximate surface area is 179 Å². The van der Waals surface area contributed by atoms with Gasteiger partial charge in [0.15, 0.2) is 5.96 Å². The van der Waals surface area contributed by atoms with Gasteiger partial charge in [-0.15, -0.1) is 0 Å². The van der Waals surface area contributed by atoms with Gasteiger partial charge in [-0.2, -0.15) is 13.2 Å². The Kier molecular flexibility index (Phi) is 7.55. The van der Waals surface area contributed by atoms with Gasteiger partial charge in [0, 0.05) is 26.7 Å². The topological polar surface area (TPSA) is 74.9 Å². The summed E-state index contributed by atoms with van der Waals surface area (Å²) in [4.78, 5) is 10.8. The number of aromatic nitrogens is 1. The Bertz CT molecular complexity index is 855. The van der Waals surface area contributed by atoms with Crippen LogP contribution in [0.1, 0.15) is 34.5 Å². The Balaban J connectivity index is 1.67. The molecule has 0 saturated carbocycles. The minimum Gasteiger partial charge on any atom is -0.444 e. The molecule has 2 N–H and O–H groups in total. The molecule has 1 aliphatic rings. The van der Waals surface area contributed by atoms with E-state index in [1.54, 1.807) is 19.2 Å². The summed E-state index contributed by atoms with van der Waals surface area (Å²) in [6.07, 6.45) is -4.35. The van der Waals surface area contributed by atoms with Crippen LogP contribution in [-0.2, 0) is 17.5 Å². The van der Waals surface area contributed by atoms with Crippen LogP contribution < -0.4 is 10.6 Å². The minimum absolute atomic E-state index is 0.129. The zero-order chi connectivity index (χ0) is 22.4. The summed E-state index contributed by atoms with van der Waals surface area (Å²) in [6.45, 7) is 7.16. The largest absolute Gasteiger partial charge is 0.444 e. The van der Waals surface area contributed by atoms with Crippen LogP contribution in [0.15, 0.2) is 33.7 Å². The minimum atomic E-state index is -4.35. The summed E-state index contributed by atoms with van der Waals surface area (Å²) in [5.41, 5.74) is 0.991. The van der Waals surface area contributed by atoms with Crippen LogP contribution >= 0.6 is 0 Å². The van der Waals surface area contributed by atoms with Crippen molar-refractivity contribution in [2.24, 2.45) is 4.99 Å². The standard InChI is InChI=1S/C21H28F3N5O2/c1-14-15(2)31-19(28-14)13-27-20(25-3)26-12-18(29-8-10-30-11-9-29)16-4-6-17(7-5-16)21(22,23)24/h4-7,18H,8-13H2,1-3H3,(H2,25,26,27). The lowest BCUT2D eigenvalue weighted by atomic mass is 10.0. The molecule has 1 unspecified atom stereocenters. The number of hydrogen-bond acceptors (Lipinski definition) is 5. The first-order chi connectivity index (χ1) is 14.8. The average Bonchev–Trinajstić information content (AvgIpc) is 3.08. The molecular formula is C21H28F3N5O2. The number of halogens is 3. The molecule has 1 aromatic heterocycles. The van der Waals surface area contributed by atoms with E-state index in [9.17, 15) is 13.2 Å². The number of hydrogen-bond donors (Lipinski definition) is 2. The predicted molar refractivity (Wildman–Crippen MR) is 111 cm³/mol. The summed E-state index contributed by atoms with van der Waals surface area (Å²) in [5.74, 6) is 1.89. The number of nitrogens with one attached hydrogen (secondary N) is 2. The SMILES string of the molecule is CN=C(NCc1nc(C)c(C)o1)NCC(c1ccc(C(F)(F)F)cc1)N1CCOCC1. The molecule has 1 atom stereocenters. The second-order valence-corrected chi connectivity index (χ2v) is 7.34. The van der Waals surface area contributed by atoms with Crippen LogP contribution in [0.3, 0.4) is 0 Å². The molecule has 0 bridgehead atoms. The van der Waals surface area contributed by atoms with E-state index in [1.807, 2.05) is 13.8 Å². The van der Waals surface area contributed by atoms with Crippen molar-refractivity contribution in [1.82, 2.24) is 20.5 Å². The molecule has 1 fully saturated rings. The van der Waals surface area contributed by atoms with Crippen LogP contribution in [0.2, 0.25) is 0 Å². The first kappa shape index (κ1) is 23.1. The normalized spacial score (nSPS) is 16.9. The molecule has 170 valence electrons. The average molecular weight is 439 g/mol. The van der Waals surface area contributed by atoms with Crippen LogP contribution in [0.5, 0.6) is 0 Å². The fourth-order valence-corrected chi connectivity index (χ4v) is 3.43. The van der Waals surface area contributed by atoms with Crippen LogP contribution in [0.25, 0.3) is 0 Å². The van der Waals surface area contributed by atoms with Crippen LogP contribution in [0.4, 0.5) is 13.2 Å². The molecule has 1 aliphatic heterocycles. The monoisotopic (exact) mass is 439 g/mol. The number of oxazole rings is 1. The summed E-state index contributed by atoms with van der Waals surface area (Å²) in [7, 11) is 1.66. The highest BCUT2D eigenvalue weighted by Crippen LogP contribution is 2.31. The summed E-state index contributed by atoms with van der Waals surface area (Å²) in [5, 5.41) is 6.42. The molecule has 0 aliphatic carbocycles. The molecule has 31 heavy (non-hydrogen) atoms. The van der Waals surface area contributed by atoms with Gasteiger partial charge in [-0.05, 0) is 31.5 Å². The molecule has 2 aromatic rings. The number of benzene rings is 1. The number of aliphatic imine (C=N–C) groups is 1. The van der Waals surface area contributed by atoms with Crippen molar-refractivity contribution in [3.63, 3.8) is 0 Å². The Morgan fingerprint density at radius 3 is 2.39 bits per heavy atom. The quantitative estimate of drug-likeness (QED) is 0.532. The second kappa shape index (κ2) is 10.1. The Hall–Kier alpha value is -2.59. The molecule has 0 radical (unpaired) electrons. The van der Waals surface area contributed by atoms with Gasteiger partial charge < -0.3 is 19.8 Å².